The summed E-state index contributed by atoms with van der Waals surface area (Å²) in [6, 6.07) is 0. The molecule has 0 radical (unpaired) electrons. The maximum atomic E-state index is 14.4. The van der Waals surface area contributed by atoms with Crippen LogP contribution in [0.15, 0.2) is 21.4 Å². The molecule has 8 heteroatoms. The van der Waals surface area contributed by atoms with E-state index in [1.54, 1.807) is 11.1 Å². The average Bonchev–Trinajstić information content (AvgIpc) is 4.16. The predicted octanol–water partition coefficient (Wildman–Crippen LogP) is 13.0. The predicted molar refractivity (Wildman–Crippen MR) is 255 cm³/mol. The van der Waals surface area contributed by atoms with Crippen molar-refractivity contribution in [2.24, 2.45) is 57.3 Å². The zero-order valence-electron chi connectivity index (χ0n) is 37.7. The molecule has 3 spiro atoms. The molecule has 2 aromatic rings. The number of Topliss-reactive ketones (excluding diaryl/α,β-unsaturated/α-hetero) is 4. The highest BCUT2D eigenvalue weighted by atomic mass is 32.1. The molecule has 0 aromatic carbocycles. The number of nitrogens with zero attached hydrogens (tertiary/aromatic N) is 2. The smallest absolute Gasteiger partial charge is 0.188 e. The minimum Gasteiger partial charge on any atom is -0.292 e. The summed E-state index contributed by atoms with van der Waals surface area (Å²) in [6.45, 7) is 0. The first-order valence-electron chi connectivity index (χ1n) is 26.4. The van der Waals surface area contributed by atoms with Gasteiger partial charge in [-0.1, -0.05) is 109 Å². The van der Waals surface area contributed by atoms with Gasteiger partial charge in [-0.05, 0) is 122 Å². The molecule has 14 rings (SSSR count). The number of allylic oxidation sites excluding steroid dienone is 2. The highest BCUT2D eigenvalue weighted by molar-refractivity contribution is 7.23. The molecule has 8 atom stereocenters. The first kappa shape index (κ1) is 40.0. The molecule has 12 aliphatic carbocycles. The first-order chi connectivity index (χ1) is 31.3. The minimum absolute atomic E-state index is 0.0512. The van der Waals surface area contributed by atoms with Crippen LogP contribution in [0.3, 0.4) is 0 Å². The highest BCUT2D eigenvalue weighted by Crippen LogP contribution is 2.71. The standard InChI is InChI=1S/C56H64N2O4S2/c59-48-34-24-30-14-4-5-15-31(30)25-35(34)49(60)46(48)57-40-28-38-42(54(40)18-8-1-9-19-54)44-52(63-38)53-45(56(44)22-12-3-13-23-56)43-39(64-53)29-41(55(43)20-10-2-11-21-55)58-47-50(61)36-26-32-16-6-7-17-33(32)27-37(36)51(47)62/h28-37H,1-27H2. The number of carbonyl (C=O) groups excluding carboxylic acids is 4. The molecule has 0 saturated heterocycles. The van der Waals surface area contributed by atoms with E-state index >= 15 is 0 Å². The Morgan fingerprint density at radius 1 is 0.391 bits per heavy atom. The van der Waals surface area contributed by atoms with Crippen LogP contribution in [0.2, 0.25) is 0 Å². The van der Waals surface area contributed by atoms with Gasteiger partial charge in [-0.3, -0.25) is 19.2 Å². The quantitative estimate of drug-likeness (QED) is 0.300. The summed E-state index contributed by atoms with van der Waals surface area (Å²) in [7, 11) is 0. The maximum absolute atomic E-state index is 14.4. The second-order valence-corrected chi connectivity index (χ2v) is 25.5. The zero-order valence-corrected chi connectivity index (χ0v) is 39.3. The SMILES string of the molecule is O=C1C(=NC2=Cc3sc4c(c3C23CCCCC3)C2(CCCCC2)c2c-4sc3c2C2(CCCCC2)C(N=C2C(=O)C4CC5CCCCC5CC4C2=O)=C3)C(=O)C2CC3CCCCC3CC12. The molecule has 2 heterocycles. The number of fused-ring (bicyclic) bond motifs is 15. The second kappa shape index (κ2) is 14.5. The average molecular weight is 893 g/mol. The molecule has 8 unspecified atom stereocenters. The zero-order chi connectivity index (χ0) is 42.7. The third kappa shape index (κ3) is 5.31. The number of rotatable bonds is 2. The van der Waals surface area contributed by atoms with Crippen molar-refractivity contribution in [3.8, 4) is 9.75 Å². The van der Waals surface area contributed by atoms with E-state index in [1.165, 1.54) is 114 Å². The van der Waals surface area contributed by atoms with Gasteiger partial charge >= 0.3 is 0 Å². The van der Waals surface area contributed by atoms with Crippen LogP contribution in [-0.2, 0) is 35.4 Å². The Bertz CT molecular complexity index is 2320. The number of hydrogen-bond donors (Lipinski definition) is 0. The summed E-state index contributed by atoms with van der Waals surface area (Å²) in [4.78, 5) is 73.9. The topological polar surface area (TPSA) is 93.0 Å². The fourth-order valence-electron chi connectivity index (χ4n) is 17.8. The van der Waals surface area contributed by atoms with E-state index in [1.807, 2.05) is 22.7 Å². The van der Waals surface area contributed by atoms with E-state index in [4.69, 9.17) is 9.98 Å². The van der Waals surface area contributed by atoms with Gasteiger partial charge in [0.05, 0.1) is 11.4 Å². The molecule has 9 fully saturated rings. The molecule has 0 aliphatic heterocycles. The lowest BCUT2D eigenvalue weighted by Crippen LogP contribution is -2.38. The Morgan fingerprint density at radius 3 is 1.03 bits per heavy atom. The van der Waals surface area contributed by atoms with Crippen molar-refractivity contribution >= 4 is 69.4 Å². The molecular weight excluding hydrogens is 829 g/mol. The van der Waals surface area contributed by atoms with Gasteiger partial charge in [0.1, 0.15) is 11.4 Å². The van der Waals surface area contributed by atoms with Crippen LogP contribution < -0.4 is 0 Å². The lowest BCUT2D eigenvalue weighted by atomic mass is 9.59. The van der Waals surface area contributed by atoms with Crippen molar-refractivity contribution in [3.63, 3.8) is 0 Å². The van der Waals surface area contributed by atoms with Gasteiger partial charge in [-0.25, -0.2) is 9.98 Å². The van der Waals surface area contributed by atoms with E-state index < -0.39 is 0 Å². The van der Waals surface area contributed by atoms with Gasteiger partial charge in [0.25, 0.3) is 0 Å². The summed E-state index contributed by atoms with van der Waals surface area (Å²) < 4.78 is 0. The molecule has 0 amide bonds. The third-order valence-electron chi connectivity index (χ3n) is 20.7. The lowest BCUT2D eigenvalue weighted by Gasteiger charge is -2.44. The number of aliphatic imine (C=N–C) groups is 2. The van der Waals surface area contributed by atoms with E-state index in [9.17, 15) is 19.2 Å². The van der Waals surface area contributed by atoms with Crippen molar-refractivity contribution in [3.05, 3.63) is 43.4 Å². The van der Waals surface area contributed by atoms with Gasteiger partial charge in [-0.2, -0.15) is 0 Å². The second-order valence-electron chi connectivity index (χ2n) is 23.4. The van der Waals surface area contributed by atoms with Crippen LogP contribution in [0, 0.1) is 47.3 Å². The lowest BCUT2D eigenvalue weighted by molar-refractivity contribution is -0.123. The Morgan fingerprint density at radius 2 is 0.703 bits per heavy atom. The Hall–Kier alpha value is -3.10. The Balaban J connectivity index is 0.873. The molecule has 2 aromatic heterocycles. The van der Waals surface area contributed by atoms with Crippen molar-refractivity contribution in [1.82, 2.24) is 0 Å². The van der Waals surface area contributed by atoms with Crippen LogP contribution in [0.1, 0.15) is 205 Å². The Kier molecular flexibility index (Phi) is 9.04. The summed E-state index contributed by atoms with van der Waals surface area (Å²) in [6.07, 6.45) is 35.3. The van der Waals surface area contributed by atoms with Crippen LogP contribution in [0.5, 0.6) is 0 Å². The highest BCUT2D eigenvalue weighted by Gasteiger charge is 2.61. The largest absolute Gasteiger partial charge is 0.292 e. The fourth-order valence-corrected chi connectivity index (χ4v) is 20.8. The van der Waals surface area contributed by atoms with Crippen LogP contribution in [-0.4, -0.2) is 34.6 Å². The van der Waals surface area contributed by atoms with Gasteiger partial charge < -0.3 is 0 Å². The number of carbonyl (C=O) groups is 4. The minimum atomic E-state index is -0.260. The summed E-state index contributed by atoms with van der Waals surface area (Å²) in [5.41, 5.74) is 8.21. The van der Waals surface area contributed by atoms with Crippen molar-refractivity contribution < 1.29 is 19.2 Å². The van der Waals surface area contributed by atoms with E-state index in [0.717, 1.165) is 101 Å². The fraction of sp³-hybridized carbons (Fsp3) is 0.679. The molecular formula is C56H64N2O4S2. The number of hydrogen-bond acceptors (Lipinski definition) is 8. The molecule has 12 aliphatic rings. The van der Waals surface area contributed by atoms with Crippen LogP contribution in [0.25, 0.3) is 21.9 Å². The molecule has 0 N–H and O–H groups in total. The maximum Gasteiger partial charge on any atom is 0.188 e. The van der Waals surface area contributed by atoms with E-state index in [-0.39, 0.29) is 74.5 Å². The number of ketones is 4. The van der Waals surface area contributed by atoms with Gasteiger partial charge in [-0.15, -0.1) is 22.7 Å². The third-order valence-corrected chi connectivity index (χ3v) is 23.1. The van der Waals surface area contributed by atoms with Gasteiger partial charge in [0.2, 0.25) is 0 Å². The molecule has 9 saturated carbocycles. The molecule has 64 heavy (non-hydrogen) atoms. The summed E-state index contributed by atoms with van der Waals surface area (Å²) >= 11 is 3.96. The van der Waals surface area contributed by atoms with Crippen LogP contribution >= 0.6 is 22.7 Å². The Labute approximate surface area is 386 Å². The summed E-state index contributed by atoms with van der Waals surface area (Å²) in [5, 5.41) is 0. The summed E-state index contributed by atoms with van der Waals surface area (Å²) in [5.74, 6) is 1.94. The van der Waals surface area contributed by atoms with Crippen LogP contribution in [0.4, 0.5) is 0 Å². The molecule has 0 bridgehead atoms. The van der Waals surface area contributed by atoms with E-state index in [0.29, 0.717) is 23.7 Å². The van der Waals surface area contributed by atoms with Crippen molar-refractivity contribution in [2.45, 2.75) is 190 Å². The van der Waals surface area contributed by atoms with Gasteiger partial charge in [0.15, 0.2) is 23.1 Å². The monoisotopic (exact) mass is 892 g/mol. The first-order valence-corrected chi connectivity index (χ1v) is 28.1. The van der Waals surface area contributed by atoms with E-state index in [2.05, 4.69) is 12.2 Å². The normalized spacial score (nSPS) is 36.0. The molecule has 334 valence electrons. The van der Waals surface area contributed by atoms with Crippen molar-refractivity contribution in [1.29, 1.82) is 0 Å². The van der Waals surface area contributed by atoms with Crippen molar-refractivity contribution in [2.75, 3.05) is 0 Å². The number of thiophene rings is 2. The molecule has 6 nitrogen and oxygen atoms in total. The van der Waals surface area contributed by atoms with Gasteiger partial charge in [0, 0.05) is 59.4 Å².